The molecule has 0 aromatic heterocycles. The number of rotatable bonds is 12. The molecule has 2 amide bonds. The summed E-state index contributed by atoms with van der Waals surface area (Å²) in [6, 6.07) is 23.0. The molecule has 0 aliphatic rings. The lowest BCUT2D eigenvalue weighted by atomic mass is 10.1. The fraction of sp³-hybridized carbons (Fsp3) is 0.310. The van der Waals surface area contributed by atoms with Crippen molar-refractivity contribution in [1.29, 1.82) is 0 Å². The summed E-state index contributed by atoms with van der Waals surface area (Å²) in [6.07, 6.45) is 0.358. The molecule has 9 heteroatoms. The standard InChI is InChI=1S/C29H35N3O5S/c1-5-25(29(34)30-22(2)3)31(20-23-14-8-6-9-15-23)28(33)21-32(26-18-12-13-19-27(26)37-4)38(35,36)24-16-10-7-11-17-24/h6-19,22,25H,5,20-21H2,1-4H3,(H,30,34)/t25-/m1/s1. The van der Waals surface area contributed by atoms with E-state index in [4.69, 9.17) is 4.74 Å². The first kappa shape index (κ1) is 28.7. The molecule has 3 aromatic carbocycles. The lowest BCUT2D eigenvalue weighted by Crippen LogP contribution is -2.53. The van der Waals surface area contributed by atoms with Crippen molar-refractivity contribution in [1.82, 2.24) is 10.2 Å². The van der Waals surface area contributed by atoms with Crippen LogP contribution in [-0.2, 0) is 26.2 Å². The summed E-state index contributed by atoms with van der Waals surface area (Å²) >= 11 is 0. The monoisotopic (exact) mass is 537 g/mol. The fourth-order valence-electron chi connectivity index (χ4n) is 4.15. The number of hydrogen-bond acceptors (Lipinski definition) is 5. The minimum Gasteiger partial charge on any atom is -0.495 e. The molecule has 0 fully saturated rings. The average molecular weight is 538 g/mol. The van der Waals surface area contributed by atoms with Gasteiger partial charge in [-0.2, -0.15) is 0 Å². The first-order valence-electron chi connectivity index (χ1n) is 12.5. The Bertz CT molecular complexity index is 1310. The van der Waals surface area contributed by atoms with Crippen LogP contribution in [0.4, 0.5) is 5.69 Å². The minimum absolute atomic E-state index is 0.0397. The van der Waals surface area contributed by atoms with Crippen molar-refractivity contribution < 1.29 is 22.7 Å². The number of hydrogen-bond donors (Lipinski definition) is 1. The van der Waals surface area contributed by atoms with Crippen LogP contribution >= 0.6 is 0 Å². The molecule has 0 aliphatic carbocycles. The SMILES string of the molecule is CC[C@H](C(=O)NC(C)C)N(Cc1ccccc1)C(=O)CN(c1ccccc1OC)S(=O)(=O)c1ccccc1. The van der Waals surface area contributed by atoms with Gasteiger partial charge in [-0.15, -0.1) is 0 Å². The summed E-state index contributed by atoms with van der Waals surface area (Å²) in [6.45, 7) is 5.16. The minimum atomic E-state index is -4.15. The molecule has 0 heterocycles. The van der Waals surface area contributed by atoms with Crippen LogP contribution in [-0.4, -0.2) is 50.9 Å². The molecule has 0 unspecified atom stereocenters. The Kier molecular flexibility index (Phi) is 9.90. The van der Waals surface area contributed by atoms with E-state index in [1.54, 1.807) is 42.5 Å². The number of carbonyl (C=O) groups is 2. The van der Waals surface area contributed by atoms with Crippen molar-refractivity contribution in [2.45, 2.75) is 50.7 Å². The van der Waals surface area contributed by atoms with E-state index in [0.29, 0.717) is 12.2 Å². The zero-order valence-corrected chi connectivity index (χ0v) is 23.0. The Morgan fingerprint density at radius 1 is 0.895 bits per heavy atom. The molecule has 1 N–H and O–H groups in total. The maximum atomic E-state index is 14.0. The van der Waals surface area contributed by atoms with E-state index in [9.17, 15) is 18.0 Å². The molecule has 0 saturated heterocycles. The van der Waals surface area contributed by atoms with Crippen molar-refractivity contribution in [2.24, 2.45) is 0 Å². The van der Waals surface area contributed by atoms with Gasteiger partial charge in [0.1, 0.15) is 18.3 Å². The van der Waals surface area contributed by atoms with Gasteiger partial charge in [-0.3, -0.25) is 13.9 Å². The third kappa shape index (κ3) is 6.92. The third-order valence-corrected chi connectivity index (χ3v) is 7.75. The van der Waals surface area contributed by atoms with Gasteiger partial charge >= 0.3 is 0 Å². The van der Waals surface area contributed by atoms with Gasteiger partial charge in [0.25, 0.3) is 10.0 Å². The Balaban J connectivity index is 2.08. The lowest BCUT2D eigenvalue weighted by Gasteiger charge is -2.33. The second kappa shape index (κ2) is 13.1. The van der Waals surface area contributed by atoms with Gasteiger partial charge in [-0.25, -0.2) is 8.42 Å². The van der Waals surface area contributed by atoms with Crippen LogP contribution in [0.15, 0.2) is 89.8 Å². The van der Waals surface area contributed by atoms with E-state index in [1.165, 1.54) is 24.1 Å². The smallest absolute Gasteiger partial charge is 0.264 e. The molecular weight excluding hydrogens is 502 g/mol. The highest BCUT2D eigenvalue weighted by atomic mass is 32.2. The van der Waals surface area contributed by atoms with Crippen LogP contribution in [0.5, 0.6) is 5.75 Å². The van der Waals surface area contributed by atoms with E-state index >= 15 is 0 Å². The molecule has 0 spiro atoms. The second-order valence-corrected chi connectivity index (χ2v) is 11.0. The number of benzene rings is 3. The number of methoxy groups -OCH3 is 1. The maximum absolute atomic E-state index is 14.0. The summed E-state index contributed by atoms with van der Waals surface area (Å²) in [5, 5.41) is 2.89. The number of anilines is 1. The van der Waals surface area contributed by atoms with Gasteiger partial charge in [0.05, 0.1) is 17.7 Å². The number of sulfonamides is 1. The van der Waals surface area contributed by atoms with E-state index in [0.717, 1.165) is 9.87 Å². The predicted molar refractivity (Wildman–Crippen MR) is 148 cm³/mol. The molecule has 0 bridgehead atoms. The zero-order valence-electron chi connectivity index (χ0n) is 22.2. The molecule has 3 rings (SSSR count). The topological polar surface area (TPSA) is 96.0 Å². The summed E-state index contributed by atoms with van der Waals surface area (Å²) < 4.78 is 34.2. The van der Waals surface area contributed by atoms with Crippen molar-refractivity contribution in [3.63, 3.8) is 0 Å². The molecule has 0 radical (unpaired) electrons. The Morgan fingerprint density at radius 3 is 2.05 bits per heavy atom. The number of nitrogens with one attached hydrogen (secondary N) is 1. The summed E-state index contributed by atoms with van der Waals surface area (Å²) in [5.41, 5.74) is 1.05. The van der Waals surface area contributed by atoms with Gasteiger partial charge in [0, 0.05) is 12.6 Å². The van der Waals surface area contributed by atoms with Gasteiger partial charge in [-0.05, 0) is 50.1 Å². The third-order valence-electron chi connectivity index (χ3n) is 5.98. The van der Waals surface area contributed by atoms with Gasteiger partial charge in [0.15, 0.2) is 0 Å². The summed E-state index contributed by atoms with van der Waals surface area (Å²) in [5.74, 6) is -0.495. The highest BCUT2D eigenvalue weighted by molar-refractivity contribution is 7.92. The van der Waals surface area contributed by atoms with Crippen molar-refractivity contribution >= 4 is 27.5 Å². The number of ether oxygens (including phenoxy) is 1. The second-order valence-electron chi connectivity index (χ2n) is 9.09. The molecule has 0 saturated carbocycles. The Hall–Kier alpha value is -3.85. The quantitative estimate of drug-likeness (QED) is 0.373. The van der Waals surface area contributed by atoms with Crippen molar-refractivity contribution in [2.75, 3.05) is 18.0 Å². The predicted octanol–water partition coefficient (Wildman–Crippen LogP) is 4.22. The van der Waals surface area contributed by atoms with Crippen LogP contribution in [0.25, 0.3) is 0 Å². The summed E-state index contributed by atoms with van der Waals surface area (Å²) in [4.78, 5) is 28.6. The molecule has 8 nitrogen and oxygen atoms in total. The van der Waals surface area contributed by atoms with Gasteiger partial charge < -0.3 is 15.0 Å². The Morgan fingerprint density at radius 2 is 1.47 bits per heavy atom. The van der Waals surface area contributed by atoms with E-state index in [-0.39, 0.29) is 29.1 Å². The van der Waals surface area contributed by atoms with Gasteiger partial charge in [-0.1, -0.05) is 67.6 Å². The molecule has 38 heavy (non-hydrogen) atoms. The molecule has 1 atom stereocenters. The van der Waals surface area contributed by atoms with Crippen molar-refractivity contribution in [3.05, 3.63) is 90.5 Å². The fourth-order valence-corrected chi connectivity index (χ4v) is 5.59. The average Bonchev–Trinajstić information content (AvgIpc) is 2.92. The normalized spacial score (nSPS) is 12.0. The molecule has 3 aromatic rings. The first-order valence-corrected chi connectivity index (χ1v) is 14.0. The lowest BCUT2D eigenvalue weighted by molar-refractivity contribution is -0.140. The van der Waals surface area contributed by atoms with Gasteiger partial charge in [0.2, 0.25) is 11.8 Å². The van der Waals surface area contributed by atoms with E-state index in [2.05, 4.69) is 5.32 Å². The van der Waals surface area contributed by atoms with Crippen LogP contribution in [0.3, 0.4) is 0 Å². The van der Waals surface area contributed by atoms with E-state index in [1.807, 2.05) is 51.1 Å². The van der Waals surface area contributed by atoms with Crippen molar-refractivity contribution in [3.8, 4) is 5.75 Å². The Labute approximate surface area is 225 Å². The molecule has 202 valence electrons. The largest absolute Gasteiger partial charge is 0.495 e. The first-order chi connectivity index (χ1) is 18.2. The number of amides is 2. The van der Waals surface area contributed by atoms with Crippen LogP contribution in [0, 0.1) is 0 Å². The number of nitrogens with zero attached hydrogens (tertiary/aromatic N) is 2. The maximum Gasteiger partial charge on any atom is 0.264 e. The van der Waals surface area contributed by atoms with Crippen LogP contribution in [0.1, 0.15) is 32.8 Å². The van der Waals surface area contributed by atoms with E-state index < -0.39 is 28.5 Å². The van der Waals surface area contributed by atoms with Crippen LogP contribution in [0.2, 0.25) is 0 Å². The zero-order chi connectivity index (χ0) is 27.7. The highest BCUT2D eigenvalue weighted by Gasteiger charge is 2.34. The molecular formula is C29H35N3O5S. The number of carbonyl (C=O) groups excluding carboxylic acids is 2. The highest BCUT2D eigenvalue weighted by Crippen LogP contribution is 2.32. The number of para-hydroxylation sites is 2. The molecule has 0 aliphatic heterocycles. The summed E-state index contributed by atoms with van der Waals surface area (Å²) in [7, 11) is -2.71. The van der Waals surface area contributed by atoms with Crippen LogP contribution < -0.4 is 14.4 Å².